The van der Waals surface area contributed by atoms with Crippen molar-refractivity contribution in [3.8, 4) is 0 Å². The van der Waals surface area contributed by atoms with E-state index in [1.807, 2.05) is 0 Å². The summed E-state index contributed by atoms with van der Waals surface area (Å²) >= 11 is 4.08. The van der Waals surface area contributed by atoms with Crippen LogP contribution in [0.1, 0.15) is 111 Å². The highest BCUT2D eigenvalue weighted by Crippen LogP contribution is 2.47. The Morgan fingerprint density at radius 1 is 0.720 bits per heavy atom. The minimum absolute atomic E-state index is 0.302. The SMILES string of the molecule is CCCCCCCCCCCCCCCCS(CC(C)C)=P(O)(O)S. The molecule has 0 saturated carbocycles. The highest BCUT2D eigenvalue weighted by atomic mass is 32.9. The van der Waals surface area contributed by atoms with Crippen LogP contribution in [-0.4, -0.2) is 21.3 Å². The first-order valence-electron chi connectivity index (χ1n) is 10.6. The van der Waals surface area contributed by atoms with Crippen LogP contribution in [0.2, 0.25) is 0 Å². The van der Waals surface area contributed by atoms with E-state index in [-0.39, 0.29) is 10.1 Å². The molecule has 0 aromatic heterocycles. The molecule has 0 heterocycles. The second-order valence-electron chi connectivity index (χ2n) is 7.84. The lowest BCUT2D eigenvalue weighted by molar-refractivity contribution is 0.501. The third-order valence-electron chi connectivity index (χ3n) is 4.61. The Balaban J connectivity index is 3.46. The third kappa shape index (κ3) is 18.2. The molecule has 0 rings (SSSR count). The van der Waals surface area contributed by atoms with Gasteiger partial charge in [0.05, 0.1) is 0 Å². The fourth-order valence-corrected chi connectivity index (χ4v) is 9.02. The molecule has 0 aliphatic heterocycles. The van der Waals surface area contributed by atoms with Gasteiger partial charge in [-0.15, -0.1) is 10.1 Å². The molecule has 1 atom stereocenters. The molecule has 0 saturated heterocycles. The number of hydrogen-bond donors (Lipinski definition) is 3. The summed E-state index contributed by atoms with van der Waals surface area (Å²) in [6, 6.07) is 0. The van der Waals surface area contributed by atoms with Crippen LogP contribution in [0, 0.1) is 5.92 Å². The molecule has 2 N–H and O–H groups in total. The Morgan fingerprint density at radius 2 is 1.08 bits per heavy atom. The van der Waals surface area contributed by atoms with Gasteiger partial charge in [0.2, 0.25) is 0 Å². The molecule has 0 bridgehead atoms. The summed E-state index contributed by atoms with van der Waals surface area (Å²) in [5, 5.41) is 0. The summed E-state index contributed by atoms with van der Waals surface area (Å²) in [4.78, 5) is 19.7. The molecule has 0 radical (unpaired) electrons. The highest BCUT2D eigenvalue weighted by molar-refractivity contribution is 8.65. The molecule has 0 aliphatic carbocycles. The monoisotopic (exact) mass is 412 g/mol. The predicted molar refractivity (Wildman–Crippen MR) is 123 cm³/mol. The smallest absolute Gasteiger partial charge is 0.198 e. The highest BCUT2D eigenvalue weighted by Gasteiger charge is 2.12. The first kappa shape index (κ1) is 26.1. The van der Waals surface area contributed by atoms with E-state index in [4.69, 9.17) is 0 Å². The van der Waals surface area contributed by atoms with E-state index in [1.165, 1.54) is 83.5 Å². The number of hydrogen-bond acceptors (Lipinski definition) is 0. The van der Waals surface area contributed by atoms with Crippen molar-refractivity contribution >= 4 is 28.0 Å². The van der Waals surface area contributed by atoms with Crippen molar-refractivity contribution in [3.63, 3.8) is 0 Å². The second kappa shape index (κ2) is 17.2. The zero-order valence-electron chi connectivity index (χ0n) is 17.1. The van der Waals surface area contributed by atoms with E-state index in [0.717, 1.165) is 17.9 Å². The minimum Gasteiger partial charge on any atom is -0.341 e. The van der Waals surface area contributed by atoms with Gasteiger partial charge >= 0.3 is 0 Å². The van der Waals surface area contributed by atoms with Crippen LogP contribution in [0.3, 0.4) is 0 Å². The largest absolute Gasteiger partial charge is 0.341 e. The van der Waals surface area contributed by atoms with E-state index >= 15 is 0 Å². The van der Waals surface area contributed by atoms with Gasteiger partial charge in [0.25, 0.3) is 0 Å². The predicted octanol–water partition coefficient (Wildman–Crippen LogP) is 7.33. The molecule has 0 aromatic carbocycles. The molecule has 1 unspecified atom stereocenters. The Hall–Kier alpha value is 1.05. The van der Waals surface area contributed by atoms with Crippen LogP contribution >= 0.6 is 17.9 Å². The molecular weight excluding hydrogens is 367 g/mol. The average molecular weight is 413 g/mol. The summed E-state index contributed by atoms with van der Waals surface area (Å²) in [5.74, 6) is 2.37. The molecule has 5 heteroatoms. The summed E-state index contributed by atoms with van der Waals surface area (Å²) < 4.78 is 0. The van der Waals surface area contributed by atoms with E-state index < -0.39 is 5.69 Å². The first-order valence-corrected chi connectivity index (χ1v) is 15.6. The zero-order chi connectivity index (χ0) is 19.0. The van der Waals surface area contributed by atoms with Gasteiger partial charge < -0.3 is 9.79 Å². The zero-order valence-corrected chi connectivity index (χ0v) is 19.7. The van der Waals surface area contributed by atoms with E-state index in [9.17, 15) is 9.79 Å². The average Bonchev–Trinajstić information content (AvgIpc) is 2.52. The van der Waals surface area contributed by atoms with Crippen molar-refractivity contribution in [1.29, 1.82) is 0 Å². The van der Waals surface area contributed by atoms with Crippen molar-refractivity contribution < 1.29 is 9.79 Å². The summed E-state index contributed by atoms with van der Waals surface area (Å²) in [6.45, 7) is 6.57. The summed E-state index contributed by atoms with van der Waals surface area (Å²) in [5.41, 5.74) is -2.94. The van der Waals surface area contributed by atoms with Crippen molar-refractivity contribution in [3.05, 3.63) is 0 Å². The lowest BCUT2D eigenvalue weighted by Crippen LogP contribution is -2.09. The van der Waals surface area contributed by atoms with Crippen molar-refractivity contribution in [1.82, 2.24) is 0 Å². The van der Waals surface area contributed by atoms with Gasteiger partial charge in [-0.2, -0.15) is 0 Å². The molecule has 2 nitrogen and oxygen atoms in total. The lowest BCUT2D eigenvalue weighted by Gasteiger charge is -2.18. The van der Waals surface area contributed by atoms with Crippen molar-refractivity contribution in [2.75, 3.05) is 11.5 Å². The first-order chi connectivity index (χ1) is 11.9. The maximum Gasteiger partial charge on any atom is 0.198 e. The summed E-state index contributed by atoms with van der Waals surface area (Å²) in [6.07, 6.45) is 19.1. The van der Waals surface area contributed by atoms with Crippen LogP contribution in [0.15, 0.2) is 0 Å². The maximum absolute atomic E-state index is 9.87. The normalized spacial score (nSPS) is 13.6. The standard InChI is InChI=1S/C20H45O2PS2/c1-4-5-6-7-8-9-10-11-12-13-14-15-16-17-18-25(19-20(2)3)23(21,22)24/h20-22,24H,4-19H2,1-3H3. The Kier molecular flexibility index (Phi) is 17.9. The Labute approximate surface area is 165 Å². The minimum atomic E-state index is -2.94. The van der Waals surface area contributed by atoms with Crippen LogP contribution in [0.4, 0.5) is 0 Å². The topological polar surface area (TPSA) is 40.5 Å². The molecule has 0 aliphatic rings. The number of thiol groups is 1. The van der Waals surface area contributed by atoms with Crippen molar-refractivity contribution in [2.24, 2.45) is 5.92 Å². The van der Waals surface area contributed by atoms with E-state index in [2.05, 4.69) is 33.0 Å². The Bertz CT molecular complexity index is 345. The third-order valence-corrected chi connectivity index (χ3v) is 12.3. The van der Waals surface area contributed by atoms with Crippen LogP contribution in [-0.2, 0) is 10.1 Å². The molecular formula is C20H45O2PS2. The molecule has 0 amide bonds. The quantitative estimate of drug-likeness (QED) is 0.133. The van der Waals surface area contributed by atoms with Crippen molar-refractivity contribution in [2.45, 2.75) is 111 Å². The molecule has 0 fully saturated rings. The summed E-state index contributed by atoms with van der Waals surface area (Å²) in [7, 11) is -0.302. The van der Waals surface area contributed by atoms with Gasteiger partial charge in [-0.1, -0.05) is 116 Å². The maximum atomic E-state index is 9.87. The van der Waals surface area contributed by atoms with Crippen LogP contribution < -0.4 is 0 Å². The van der Waals surface area contributed by atoms with Gasteiger partial charge in [0, 0.05) is 0 Å². The lowest BCUT2D eigenvalue weighted by atomic mass is 10.0. The van der Waals surface area contributed by atoms with E-state index in [1.54, 1.807) is 0 Å². The molecule has 154 valence electrons. The van der Waals surface area contributed by atoms with Gasteiger partial charge in [-0.25, -0.2) is 0 Å². The Morgan fingerprint density at radius 3 is 1.40 bits per heavy atom. The number of unbranched alkanes of at least 4 members (excludes halogenated alkanes) is 13. The molecule has 0 aromatic rings. The van der Waals surface area contributed by atoms with Crippen LogP contribution in [0.25, 0.3) is 0 Å². The van der Waals surface area contributed by atoms with Gasteiger partial charge in [0.15, 0.2) is 5.69 Å². The van der Waals surface area contributed by atoms with E-state index in [0.29, 0.717) is 5.92 Å². The molecule has 0 spiro atoms. The van der Waals surface area contributed by atoms with Crippen LogP contribution in [0.5, 0.6) is 0 Å². The second-order valence-corrected chi connectivity index (χ2v) is 16.1. The molecule has 25 heavy (non-hydrogen) atoms. The van der Waals surface area contributed by atoms with Gasteiger partial charge in [-0.05, 0) is 23.8 Å². The fraction of sp³-hybridized carbons (Fsp3) is 1.00. The van der Waals surface area contributed by atoms with Gasteiger partial charge in [-0.3, -0.25) is 0 Å². The van der Waals surface area contributed by atoms with Gasteiger partial charge in [0.1, 0.15) is 0 Å². The fourth-order valence-electron chi connectivity index (χ4n) is 3.15. The number of rotatable bonds is 17.